The number of piperidine rings is 1. The lowest BCUT2D eigenvalue weighted by molar-refractivity contribution is -0.146. The zero-order chi connectivity index (χ0) is 12.3. The highest BCUT2D eigenvalue weighted by atomic mass is 16.4. The number of rotatable bonds is 4. The molecule has 5 N–H and O–H groups in total. The Labute approximate surface area is 95.2 Å². The summed E-state index contributed by atoms with van der Waals surface area (Å²) in [6.07, 6.45) is 1.22. The predicted molar refractivity (Wildman–Crippen MR) is 59.8 cm³/mol. The van der Waals surface area contributed by atoms with Gasteiger partial charge in [-0.1, -0.05) is 6.42 Å². The van der Waals surface area contributed by atoms with E-state index in [0.29, 0.717) is 19.4 Å². The zero-order valence-corrected chi connectivity index (χ0v) is 9.46. The van der Waals surface area contributed by atoms with Gasteiger partial charge in [-0.2, -0.15) is 0 Å². The molecule has 1 saturated heterocycles. The van der Waals surface area contributed by atoms with E-state index in [-0.39, 0.29) is 12.2 Å². The van der Waals surface area contributed by atoms with Gasteiger partial charge in [0.1, 0.15) is 5.54 Å². The van der Waals surface area contributed by atoms with Crippen molar-refractivity contribution in [2.75, 3.05) is 20.1 Å². The molecule has 0 unspecified atom stereocenters. The number of carboxylic acids is 1. The Morgan fingerprint density at radius 2 is 2.25 bits per heavy atom. The molecule has 16 heavy (non-hydrogen) atoms. The molecule has 7 heteroatoms. The van der Waals surface area contributed by atoms with Crippen LogP contribution in [0, 0.1) is 5.92 Å². The number of nitrogens with zero attached hydrogens (tertiary/aromatic N) is 1. The van der Waals surface area contributed by atoms with Crippen LogP contribution in [0.5, 0.6) is 0 Å². The molecule has 0 bridgehead atoms. The first-order chi connectivity index (χ1) is 7.33. The molecule has 0 radical (unpaired) electrons. The molecule has 0 aliphatic carbocycles. The Hall–Kier alpha value is -0.625. The minimum Gasteiger partial charge on any atom is -0.480 e. The molecule has 0 saturated carbocycles. The van der Waals surface area contributed by atoms with Crippen molar-refractivity contribution >= 4 is 13.1 Å². The second-order valence-electron chi connectivity index (χ2n) is 4.79. The Bertz CT molecular complexity index is 264. The lowest BCUT2D eigenvalue weighted by Gasteiger charge is -2.40. The summed E-state index contributed by atoms with van der Waals surface area (Å²) in [7, 11) is 0.496. The van der Waals surface area contributed by atoms with E-state index in [1.54, 1.807) is 0 Å². The van der Waals surface area contributed by atoms with E-state index in [9.17, 15) is 4.79 Å². The highest BCUT2D eigenvalue weighted by molar-refractivity contribution is 6.40. The minimum atomic E-state index is -1.33. The topological polar surface area (TPSA) is 107 Å². The number of likely N-dealkylation sites (tertiary alicyclic amines) is 1. The number of carbonyl (C=O) groups is 1. The van der Waals surface area contributed by atoms with Crippen LogP contribution in [0.3, 0.4) is 0 Å². The van der Waals surface area contributed by atoms with Crippen molar-refractivity contribution in [1.29, 1.82) is 0 Å². The van der Waals surface area contributed by atoms with E-state index in [0.717, 1.165) is 6.54 Å². The Kier molecular flexibility index (Phi) is 4.31. The number of carboxylic acid groups (broad SMARTS) is 1. The van der Waals surface area contributed by atoms with Gasteiger partial charge in [-0.05, 0) is 25.7 Å². The van der Waals surface area contributed by atoms with Gasteiger partial charge in [-0.15, -0.1) is 0 Å². The molecular formula is C9H19BN2O4. The van der Waals surface area contributed by atoms with Gasteiger partial charge in [0.15, 0.2) is 0 Å². The van der Waals surface area contributed by atoms with Gasteiger partial charge in [0, 0.05) is 13.1 Å². The third kappa shape index (κ3) is 3.45. The number of nitrogens with two attached hydrogens (primary N) is 1. The summed E-state index contributed by atoms with van der Waals surface area (Å²) in [5.74, 6) is -0.893. The average molecular weight is 230 g/mol. The lowest BCUT2D eigenvalue weighted by atomic mass is 9.75. The SMILES string of the molecule is CN1C[C@@H](CCB(O)O)C[C@](N)(C(=O)O)C1. The fourth-order valence-electron chi connectivity index (χ4n) is 2.36. The van der Waals surface area contributed by atoms with E-state index in [2.05, 4.69) is 0 Å². The number of aliphatic carboxylic acids is 1. The number of hydrogen-bond donors (Lipinski definition) is 4. The number of likely N-dealkylation sites (N-methyl/N-ethyl adjacent to an activating group) is 1. The summed E-state index contributed by atoms with van der Waals surface area (Å²) in [6.45, 7) is 1.08. The molecule has 0 amide bonds. The third-order valence-electron chi connectivity index (χ3n) is 3.03. The van der Waals surface area contributed by atoms with Crippen molar-refractivity contribution in [2.24, 2.45) is 11.7 Å². The Morgan fingerprint density at radius 3 is 2.75 bits per heavy atom. The van der Waals surface area contributed by atoms with Gasteiger partial charge in [0.25, 0.3) is 0 Å². The molecule has 2 atom stereocenters. The molecule has 1 aliphatic heterocycles. The second kappa shape index (κ2) is 5.14. The molecule has 1 aliphatic rings. The highest BCUT2D eigenvalue weighted by Crippen LogP contribution is 2.26. The Balaban J connectivity index is 2.57. The standard InChI is InChI=1S/C9H19BN2O4/c1-12-5-7(2-3-10(15)16)4-9(11,6-12)8(13)14/h7,15-16H,2-6,11H2,1H3,(H,13,14)/t7-,9+/m0/s1. The van der Waals surface area contributed by atoms with Crippen LogP contribution in [0.1, 0.15) is 12.8 Å². The van der Waals surface area contributed by atoms with Crippen molar-refractivity contribution in [3.63, 3.8) is 0 Å². The summed E-state index contributed by atoms with van der Waals surface area (Å²) in [4.78, 5) is 12.9. The van der Waals surface area contributed by atoms with E-state index < -0.39 is 18.6 Å². The van der Waals surface area contributed by atoms with E-state index in [1.165, 1.54) is 0 Å². The summed E-state index contributed by atoms with van der Waals surface area (Å²) in [5, 5.41) is 26.6. The van der Waals surface area contributed by atoms with Crippen LogP contribution in [-0.4, -0.2) is 58.8 Å². The maximum atomic E-state index is 11.1. The van der Waals surface area contributed by atoms with Crippen LogP contribution in [0.25, 0.3) is 0 Å². The first kappa shape index (κ1) is 13.4. The van der Waals surface area contributed by atoms with Gasteiger partial charge in [-0.3, -0.25) is 4.79 Å². The molecule has 6 nitrogen and oxygen atoms in total. The van der Waals surface area contributed by atoms with Gasteiger partial charge in [0.05, 0.1) is 0 Å². The summed E-state index contributed by atoms with van der Waals surface area (Å²) < 4.78 is 0. The minimum absolute atomic E-state index is 0.0987. The smallest absolute Gasteiger partial charge is 0.451 e. The van der Waals surface area contributed by atoms with Gasteiger partial charge in [-0.25, -0.2) is 0 Å². The van der Waals surface area contributed by atoms with E-state index >= 15 is 0 Å². The monoisotopic (exact) mass is 230 g/mol. The molecule has 92 valence electrons. The van der Waals surface area contributed by atoms with E-state index in [1.807, 2.05) is 11.9 Å². The zero-order valence-electron chi connectivity index (χ0n) is 9.46. The largest absolute Gasteiger partial charge is 0.480 e. The average Bonchev–Trinajstić information content (AvgIpc) is 2.13. The predicted octanol–water partition coefficient (Wildman–Crippen LogP) is -1.42. The maximum absolute atomic E-state index is 11.1. The first-order valence-electron chi connectivity index (χ1n) is 5.40. The fourth-order valence-corrected chi connectivity index (χ4v) is 2.36. The van der Waals surface area contributed by atoms with Crippen molar-refractivity contribution < 1.29 is 19.9 Å². The highest BCUT2D eigenvalue weighted by Gasteiger charge is 2.41. The van der Waals surface area contributed by atoms with Gasteiger partial charge in [0.2, 0.25) is 0 Å². The summed E-state index contributed by atoms with van der Waals surface area (Å²) in [5.41, 5.74) is 4.61. The quantitative estimate of drug-likeness (QED) is 0.442. The van der Waals surface area contributed by atoms with E-state index in [4.69, 9.17) is 20.9 Å². The van der Waals surface area contributed by atoms with Crippen LogP contribution in [-0.2, 0) is 4.79 Å². The molecule has 0 aromatic heterocycles. The van der Waals surface area contributed by atoms with Crippen LogP contribution in [0.2, 0.25) is 6.32 Å². The van der Waals surface area contributed by atoms with Crippen LogP contribution in [0.15, 0.2) is 0 Å². The molecule has 0 spiro atoms. The third-order valence-corrected chi connectivity index (χ3v) is 3.03. The van der Waals surface area contributed by atoms with Crippen molar-refractivity contribution in [3.05, 3.63) is 0 Å². The fraction of sp³-hybridized carbons (Fsp3) is 0.889. The van der Waals surface area contributed by atoms with Crippen molar-refractivity contribution in [3.8, 4) is 0 Å². The second-order valence-corrected chi connectivity index (χ2v) is 4.79. The summed E-state index contributed by atoms with van der Waals surface area (Å²) in [6, 6.07) is 0. The molecule has 1 fully saturated rings. The van der Waals surface area contributed by atoms with Crippen LogP contribution < -0.4 is 5.73 Å². The summed E-state index contributed by atoms with van der Waals surface area (Å²) >= 11 is 0. The molecule has 1 heterocycles. The lowest BCUT2D eigenvalue weighted by Crippen LogP contribution is -2.60. The molecule has 0 aromatic rings. The number of hydrogen-bond acceptors (Lipinski definition) is 5. The van der Waals surface area contributed by atoms with Crippen LogP contribution >= 0.6 is 0 Å². The Morgan fingerprint density at radius 1 is 1.62 bits per heavy atom. The molecule has 0 aromatic carbocycles. The maximum Gasteiger partial charge on any atom is 0.451 e. The van der Waals surface area contributed by atoms with Gasteiger partial charge < -0.3 is 25.8 Å². The molecule has 1 rings (SSSR count). The van der Waals surface area contributed by atoms with Crippen LogP contribution in [0.4, 0.5) is 0 Å². The molecular weight excluding hydrogens is 211 g/mol. The van der Waals surface area contributed by atoms with Crippen molar-refractivity contribution in [2.45, 2.75) is 24.7 Å². The normalized spacial score (nSPS) is 31.4. The van der Waals surface area contributed by atoms with Crippen molar-refractivity contribution in [1.82, 2.24) is 4.90 Å². The van der Waals surface area contributed by atoms with Gasteiger partial charge >= 0.3 is 13.1 Å². The first-order valence-corrected chi connectivity index (χ1v) is 5.40.